The van der Waals surface area contributed by atoms with Crippen LogP contribution in [0.5, 0.6) is 0 Å². The van der Waals surface area contributed by atoms with Gasteiger partial charge in [0.25, 0.3) is 11.6 Å². The van der Waals surface area contributed by atoms with Gasteiger partial charge in [-0.3, -0.25) is 14.9 Å². The van der Waals surface area contributed by atoms with E-state index in [2.05, 4.69) is 22.4 Å². The molecule has 1 atom stereocenters. The normalized spacial score (nSPS) is 14.5. The van der Waals surface area contributed by atoms with E-state index in [4.69, 9.17) is 9.52 Å². The number of hydrogen-bond donors (Lipinski definition) is 2. The lowest BCUT2D eigenvalue weighted by molar-refractivity contribution is -0.384. The minimum absolute atomic E-state index is 0.0408. The average Bonchev–Trinajstić information content (AvgIpc) is 3.43. The molecule has 5 aromatic rings. The van der Waals surface area contributed by atoms with Gasteiger partial charge in [0.2, 0.25) is 0 Å². The van der Waals surface area contributed by atoms with Gasteiger partial charge in [-0.15, -0.1) is 0 Å². The zero-order valence-corrected chi connectivity index (χ0v) is 21.4. The van der Waals surface area contributed by atoms with Crippen molar-refractivity contribution in [1.29, 1.82) is 0 Å². The van der Waals surface area contributed by atoms with Crippen LogP contribution in [0.1, 0.15) is 33.2 Å². The maximum atomic E-state index is 12.4. The molecule has 8 nitrogen and oxygen atoms in total. The van der Waals surface area contributed by atoms with Gasteiger partial charge in [0, 0.05) is 41.2 Å². The number of nitro benzene ring substituents is 1. The van der Waals surface area contributed by atoms with Gasteiger partial charge in [-0.05, 0) is 59.7 Å². The highest BCUT2D eigenvalue weighted by atomic mass is 16.6. The number of aliphatic hydroxyl groups is 1. The van der Waals surface area contributed by atoms with Gasteiger partial charge in [-0.25, -0.2) is 0 Å². The Morgan fingerprint density at radius 1 is 0.950 bits per heavy atom. The lowest BCUT2D eigenvalue weighted by Crippen LogP contribution is -2.26. The van der Waals surface area contributed by atoms with Gasteiger partial charge < -0.3 is 19.7 Å². The van der Waals surface area contributed by atoms with Crippen LogP contribution in [-0.4, -0.2) is 29.1 Å². The Morgan fingerprint density at radius 2 is 1.68 bits per heavy atom. The average molecular weight is 532 g/mol. The first-order chi connectivity index (χ1) is 19.5. The molecule has 0 radical (unpaired) electrons. The van der Waals surface area contributed by atoms with Crippen molar-refractivity contribution in [3.8, 4) is 0 Å². The summed E-state index contributed by atoms with van der Waals surface area (Å²) in [6.45, 7) is 0.0546. The van der Waals surface area contributed by atoms with Crippen LogP contribution < -0.4 is 10.2 Å². The van der Waals surface area contributed by atoms with Gasteiger partial charge in [0.15, 0.2) is 5.76 Å². The molecule has 0 fully saturated rings. The first kappa shape index (κ1) is 25.1. The van der Waals surface area contributed by atoms with Crippen molar-refractivity contribution >= 4 is 39.6 Å². The van der Waals surface area contributed by atoms with Crippen molar-refractivity contribution in [2.75, 3.05) is 18.1 Å². The molecular formula is C32H25N3O5. The second-order valence-corrected chi connectivity index (χ2v) is 9.45. The van der Waals surface area contributed by atoms with Gasteiger partial charge in [0.05, 0.1) is 22.9 Å². The highest BCUT2D eigenvalue weighted by Gasteiger charge is 2.31. The molecule has 1 aliphatic heterocycles. The third kappa shape index (κ3) is 4.61. The standard InChI is InChI=1S/C32H25N3O5/c36-18-17-33-32(37)22-11-13-24(14-12-22)34-28-7-3-2-6-26(28)27(21-9-15-25(16-10-21)35(38)39)20-29(34)31-19-23-5-1-4-8-30(23)40-31/h1-16,19-20,27,36H,17-18H2,(H,33,37). The maximum absolute atomic E-state index is 12.4. The van der Waals surface area contributed by atoms with Crippen LogP contribution >= 0.6 is 0 Å². The first-order valence-electron chi connectivity index (χ1n) is 12.9. The molecule has 1 amide bonds. The Morgan fingerprint density at radius 3 is 2.40 bits per heavy atom. The summed E-state index contributed by atoms with van der Waals surface area (Å²) in [5.41, 5.74) is 5.82. The molecule has 198 valence electrons. The largest absolute Gasteiger partial charge is 0.455 e. The maximum Gasteiger partial charge on any atom is 0.269 e. The SMILES string of the molecule is O=C(NCCO)c1ccc(N2C(c3cc4ccccc4o3)=CC(c3ccc([N+](=O)[O-])cc3)c3ccccc32)cc1. The number of nitro groups is 1. The lowest BCUT2D eigenvalue weighted by Gasteiger charge is -2.35. The summed E-state index contributed by atoms with van der Waals surface area (Å²) in [5, 5.41) is 23.9. The van der Waals surface area contributed by atoms with E-state index in [1.54, 1.807) is 24.3 Å². The molecule has 0 spiro atoms. The van der Waals surface area contributed by atoms with Crippen molar-refractivity contribution in [2.24, 2.45) is 0 Å². The van der Waals surface area contributed by atoms with Crippen LogP contribution in [0.25, 0.3) is 16.7 Å². The summed E-state index contributed by atoms with van der Waals surface area (Å²) in [4.78, 5) is 25.4. The minimum Gasteiger partial charge on any atom is -0.455 e. The van der Waals surface area contributed by atoms with Crippen LogP contribution in [-0.2, 0) is 0 Å². The van der Waals surface area contributed by atoms with Crippen molar-refractivity contribution in [3.05, 3.63) is 142 Å². The quantitative estimate of drug-likeness (QED) is 0.186. The number of allylic oxidation sites excluding steroid dienone is 1. The number of benzene rings is 4. The Kier molecular flexibility index (Phi) is 6.59. The summed E-state index contributed by atoms with van der Waals surface area (Å²) in [7, 11) is 0. The highest BCUT2D eigenvalue weighted by molar-refractivity contribution is 5.97. The molecule has 0 aliphatic carbocycles. The van der Waals surface area contributed by atoms with E-state index in [0.717, 1.165) is 39.2 Å². The van der Waals surface area contributed by atoms with E-state index in [-0.39, 0.29) is 30.7 Å². The number of carbonyl (C=O) groups excluding carboxylic acids is 1. The second-order valence-electron chi connectivity index (χ2n) is 9.45. The molecule has 40 heavy (non-hydrogen) atoms. The number of non-ortho nitro benzene ring substituents is 1. The smallest absolute Gasteiger partial charge is 0.269 e. The Bertz CT molecular complexity index is 1710. The van der Waals surface area contributed by atoms with Crippen molar-refractivity contribution in [1.82, 2.24) is 5.32 Å². The molecule has 1 aliphatic rings. The summed E-state index contributed by atoms with van der Waals surface area (Å²) in [6.07, 6.45) is 2.11. The Balaban J connectivity index is 1.50. The highest BCUT2D eigenvalue weighted by Crippen LogP contribution is 2.47. The molecule has 4 aromatic carbocycles. The fraction of sp³-hybridized carbons (Fsp3) is 0.0938. The van der Waals surface area contributed by atoms with Crippen LogP contribution in [0, 0.1) is 10.1 Å². The monoisotopic (exact) mass is 531 g/mol. The van der Waals surface area contributed by atoms with Crippen LogP contribution in [0.15, 0.2) is 114 Å². The first-order valence-corrected chi connectivity index (χ1v) is 12.9. The van der Waals surface area contributed by atoms with E-state index >= 15 is 0 Å². The van der Waals surface area contributed by atoms with E-state index in [9.17, 15) is 14.9 Å². The number of furan rings is 1. The third-order valence-electron chi connectivity index (χ3n) is 7.00. The second kappa shape index (κ2) is 10.5. The number of carbonyl (C=O) groups is 1. The van der Waals surface area contributed by atoms with E-state index in [1.165, 1.54) is 12.1 Å². The topological polar surface area (TPSA) is 109 Å². The molecule has 6 rings (SSSR count). The third-order valence-corrected chi connectivity index (χ3v) is 7.00. The predicted octanol–water partition coefficient (Wildman–Crippen LogP) is 6.39. The molecule has 0 bridgehead atoms. The van der Waals surface area contributed by atoms with Gasteiger partial charge in [-0.1, -0.05) is 48.5 Å². The number of nitrogens with zero attached hydrogens (tertiary/aromatic N) is 2. The summed E-state index contributed by atoms with van der Waals surface area (Å²) in [5.74, 6) is 0.235. The predicted molar refractivity (Wildman–Crippen MR) is 154 cm³/mol. The number of hydrogen-bond acceptors (Lipinski definition) is 6. The molecule has 0 saturated heterocycles. The molecular weight excluding hydrogens is 506 g/mol. The number of fused-ring (bicyclic) bond motifs is 2. The van der Waals surface area contributed by atoms with Gasteiger partial charge in [0.1, 0.15) is 5.58 Å². The van der Waals surface area contributed by atoms with Crippen LogP contribution in [0.4, 0.5) is 17.1 Å². The number of aliphatic hydroxyl groups excluding tert-OH is 1. The zero-order chi connectivity index (χ0) is 27.6. The zero-order valence-electron chi connectivity index (χ0n) is 21.4. The van der Waals surface area contributed by atoms with Crippen LogP contribution in [0.3, 0.4) is 0 Å². The van der Waals surface area contributed by atoms with Crippen molar-refractivity contribution in [2.45, 2.75) is 5.92 Å². The summed E-state index contributed by atoms with van der Waals surface area (Å²) in [6, 6.07) is 31.8. The Labute approximate surface area is 229 Å². The number of nitrogens with one attached hydrogen (secondary N) is 1. The molecule has 2 heterocycles. The lowest BCUT2D eigenvalue weighted by atomic mass is 9.85. The minimum atomic E-state index is -0.399. The summed E-state index contributed by atoms with van der Waals surface area (Å²) < 4.78 is 6.33. The van der Waals surface area contributed by atoms with Gasteiger partial charge in [-0.2, -0.15) is 0 Å². The van der Waals surface area contributed by atoms with E-state index < -0.39 is 4.92 Å². The molecule has 0 saturated carbocycles. The molecule has 1 aromatic heterocycles. The number of amides is 1. The number of para-hydroxylation sites is 2. The fourth-order valence-corrected chi connectivity index (χ4v) is 5.10. The van der Waals surface area contributed by atoms with E-state index in [0.29, 0.717) is 11.3 Å². The van der Waals surface area contributed by atoms with Crippen molar-refractivity contribution in [3.63, 3.8) is 0 Å². The van der Waals surface area contributed by atoms with Crippen LogP contribution in [0.2, 0.25) is 0 Å². The number of rotatable bonds is 7. The van der Waals surface area contributed by atoms with Crippen molar-refractivity contribution < 1.29 is 19.2 Å². The van der Waals surface area contributed by atoms with Gasteiger partial charge >= 0.3 is 0 Å². The van der Waals surface area contributed by atoms with E-state index in [1.807, 2.05) is 60.7 Å². The fourth-order valence-electron chi connectivity index (χ4n) is 5.10. The molecule has 8 heteroatoms. The molecule has 1 unspecified atom stereocenters. The number of anilines is 2. The Hall–Kier alpha value is -5.21. The molecule has 2 N–H and O–H groups in total. The summed E-state index contributed by atoms with van der Waals surface area (Å²) >= 11 is 0.